The Morgan fingerprint density at radius 3 is 2.23 bits per heavy atom. The zero-order chi connectivity index (χ0) is 9.84. The van der Waals surface area contributed by atoms with Gasteiger partial charge in [0.1, 0.15) is 11.6 Å². The molecule has 0 saturated heterocycles. The molecule has 0 saturated carbocycles. The number of rotatable bonds is 3. The van der Waals surface area contributed by atoms with Gasteiger partial charge in [0.05, 0.1) is 0 Å². The van der Waals surface area contributed by atoms with Gasteiger partial charge in [0.15, 0.2) is 0 Å². The maximum atomic E-state index is 13.0. The molecule has 3 heteroatoms. The molecule has 0 heterocycles. The van der Waals surface area contributed by atoms with Crippen LogP contribution in [0.1, 0.15) is 17.5 Å². The van der Waals surface area contributed by atoms with Gasteiger partial charge in [-0.2, -0.15) is 0 Å². The van der Waals surface area contributed by atoms with Crippen LogP contribution in [0.15, 0.2) is 12.1 Å². The molecule has 0 spiro atoms. The molecule has 0 bridgehead atoms. The molecule has 0 radical (unpaired) electrons. The molecule has 1 nitrogen and oxygen atoms in total. The molecule has 0 aromatic heterocycles. The Kier molecular flexibility index (Phi) is 3.37. The Hall–Kier alpha value is -0.960. The summed E-state index contributed by atoms with van der Waals surface area (Å²) in [7, 11) is 0. The lowest BCUT2D eigenvalue weighted by molar-refractivity contribution is 0.288. The molecule has 72 valence electrons. The van der Waals surface area contributed by atoms with Gasteiger partial charge in [-0.3, -0.25) is 0 Å². The molecule has 0 aliphatic rings. The van der Waals surface area contributed by atoms with Gasteiger partial charge in [0.2, 0.25) is 0 Å². The summed E-state index contributed by atoms with van der Waals surface area (Å²) in [5, 5.41) is 8.53. The quantitative estimate of drug-likeness (QED) is 0.767. The third-order valence-electron chi connectivity index (χ3n) is 1.96. The Morgan fingerprint density at radius 2 is 1.77 bits per heavy atom. The van der Waals surface area contributed by atoms with Crippen molar-refractivity contribution in [3.63, 3.8) is 0 Å². The van der Waals surface area contributed by atoms with E-state index in [0.29, 0.717) is 18.4 Å². The smallest absolute Gasteiger partial charge is 0.129 e. The van der Waals surface area contributed by atoms with Crippen molar-refractivity contribution in [2.24, 2.45) is 0 Å². The van der Waals surface area contributed by atoms with Crippen LogP contribution in [0.2, 0.25) is 0 Å². The molecule has 1 N–H and O–H groups in total. The highest BCUT2D eigenvalue weighted by atomic mass is 19.1. The standard InChI is InChI=1S/C10H12F2O/c1-7-9(11)5-8(3-2-4-13)6-10(7)12/h5-6,13H,2-4H2,1H3. The maximum Gasteiger partial charge on any atom is 0.129 e. The summed E-state index contributed by atoms with van der Waals surface area (Å²) < 4.78 is 25.9. The zero-order valence-electron chi connectivity index (χ0n) is 7.48. The van der Waals surface area contributed by atoms with Crippen LogP contribution in [-0.2, 0) is 6.42 Å². The molecule has 1 rings (SSSR count). The van der Waals surface area contributed by atoms with Crippen molar-refractivity contribution in [3.8, 4) is 0 Å². The first kappa shape index (κ1) is 10.1. The van der Waals surface area contributed by atoms with Crippen LogP contribution < -0.4 is 0 Å². The van der Waals surface area contributed by atoms with E-state index in [1.165, 1.54) is 19.1 Å². The molecule has 0 unspecified atom stereocenters. The normalized spacial score (nSPS) is 10.5. The summed E-state index contributed by atoms with van der Waals surface area (Å²) in [6, 6.07) is 2.63. The van der Waals surface area contributed by atoms with E-state index in [1.807, 2.05) is 0 Å². The van der Waals surface area contributed by atoms with E-state index >= 15 is 0 Å². The van der Waals surface area contributed by atoms with E-state index in [0.717, 1.165) is 0 Å². The van der Waals surface area contributed by atoms with Crippen LogP contribution in [0, 0.1) is 18.6 Å². The van der Waals surface area contributed by atoms with Crippen molar-refractivity contribution in [1.82, 2.24) is 0 Å². The average Bonchev–Trinajstić information content (AvgIpc) is 2.10. The fourth-order valence-corrected chi connectivity index (χ4v) is 1.13. The van der Waals surface area contributed by atoms with E-state index in [-0.39, 0.29) is 12.2 Å². The van der Waals surface area contributed by atoms with Gasteiger partial charge in [0.25, 0.3) is 0 Å². The van der Waals surface area contributed by atoms with Crippen molar-refractivity contribution in [2.75, 3.05) is 6.61 Å². The molecular formula is C10H12F2O. The lowest BCUT2D eigenvalue weighted by atomic mass is 10.1. The third-order valence-corrected chi connectivity index (χ3v) is 1.96. The van der Waals surface area contributed by atoms with Crippen LogP contribution in [-0.4, -0.2) is 11.7 Å². The topological polar surface area (TPSA) is 20.2 Å². The van der Waals surface area contributed by atoms with Gasteiger partial charge >= 0.3 is 0 Å². The molecule has 0 aliphatic carbocycles. The van der Waals surface area contributed by atoms with Gasteiger partial charge in [-0.05, 0) is 37.5 Å². The van der Waals surface area contributed by atoms with Crippen molar-refractivity contribution in [1.29, 1.82) is 0 Å². The Labute approximate surface area is 76.0 Å². The number of hydrogen-bond donors (Lipinski definition) is 1. The highest BCUT2D eigenvalue weighted by Crippen LogP contribution is 2.15. The highest BCUT2D eigenvalue weighted by Gasteiger charge is 2.05. The minimum atomic E-state index is -0.520. The summed E-state index contributed by atoms with van der Waals surface area (Å²) in [5.41, 5.74) is 0.641. The summed E-state index contributed by atoms with van der Waals surface area (Å²) in [4.78, 5) is 0. The Balaban J connectivity index is 2.86. The van der Waals surface area contributed by atoms with Crippen LogP contribution in [0.4, 0.5) is 8.78 Å². The zero-order valence-corrected chi connectivity index (χ0v) is 7.48. The largest absolute Gasteiger partial charge is 0.396 e. The number of hydrogen-bond acceptors (Lipinski definition) is 1. The first-order valence-corrected chi connectivity index (χ1v) is 4.20. The summed E-state index contributed by atoms with van der Waals surface area (Å²) in [6.07, 6.45) is 1.03. The molecule has 0 amide bonds. The second-order valence-corrected chi connectivity index (χ2v) is 3.01. The van der Waals surface area contributed by atoms with Gasteiger partial charge in [0, 0.05) is 12.2 Å². The SMILES string of the molecule is Cc1c(F)cc(CCCO)cc1F. The predicted molar refractivity (Wildman–Crippen MR) is 46.5 cm³/mol. The van der Waals surface area contributed by atoms with Gasteiger partial charge < -0.3 is 5.11 Å². The number of aliphatic hydroxyl groups excluding tert-OH is 1. The van der Waals surface area contributed by atoms with Gasteiger partial charge in [-0.25, -0.2) is 8.78 Å². The minimum absolute atomic E-state index is 0.0388. The van der Waals surface area contributed by atoms with E-state index in [1.54, 1.807) is 0 Å². The fourth-order valence-electron chi connectivity index (χ4n) is 1.13. The van der Waals surface area contributed by atoms with Crippen LogP contribution >= 0.6 is 0 Å². The van der Waals surface area contributed by atoms with Crippen LogP contribution in [0.5, 0.6) is 0 Å². The van der Waals surface area contributed by atoms with Gasteiger partial charge in [-0.1, -0.05) is 0 Å². The van der Waals surface area contributed by atoms with E-state index in [4.69, 9.17) is 5.11 Å². The molecule has 0 aliphatic heterocycles. The molecule has 0 fully saturated rings. The summed E-state index contributed by atoms with van der Waals surface area (Å²) >= 11 is 0. The third kappa shape index (κ3) is 2.49. The Bertz CT molecular complexity index is 274. The number of aliphatic hydroxyl groups is 1. The first-order valence-electron chi connectivity index (χ1n) is 4.20. The molecule has 1 aromatic carbocycles. The average molecular weight is 186 g/mol. The van der Waals surface area contributed by atoms with E-state index in [9.17, 15) is 8.78 Å². The maximum absolute atomic E-state index is 13.0. The lowest BCUT2D eigenvalue weighted by Gasteiger charge is -2.03. The highest BCUT2D eigenvalue weighted by molar-refractivity contribution is 5.25. The second-order valence-electron chi connectivity index (χ2n) is 3.01. The van der Waals surface area contributed by atoms with E-state index < -0.39 is 11.6 Å². The van der Waals surface area contributed by atoms with Crippen LogP contribution in [0.25, 0.3) is 0 Å². The van der Waals surface area contributed by atoms with Crippen molar-refractivity contribution in [3.05, 3.63) is 34.9 Å². The lowest BCUT2D eigenvalue weighted by Crippen LogP contribution is -1.95. The van der Waals surface area contributed by atoms with Crippen molar-refractivity contribution < 1.29 is 13.9 Å². The predicted octanol–water partition coefficient (Wildman–Crippen LogP) is 2.20. The number of aryl methyl sites for hydroxylation is 1. The fraction of sp³-hybridized carbons (Fsp3) is 0.400. The van der Waals surface area contributed by atoms with Crippen molar-refractivity contribution in [2.45, 2.75) is 19.8 Å². The first-order chi connectivity index (χ1) is 6.15. The minimum Gasteiger partial charge on any atom is -0.396 e. The molecule has 13 heavy (non-hydrogen) atoms. The summed E-state index contributed by atoms with van der Waals surface area (Å²) in [6.45, 7) is 1.44. The summed E-state index contributed by atoms with van der Waals surface area (Å²) in [5.74, 6) is -1.04. The van der Waals surface area contributed by atoms with Gasteiger partial charge in [-0.15, -0.1) is 0 Å². The molecule has 0 atom stereocenters. The molecular weight excluding hydrogens is 174 g/mol. The monoisotopic (exact) mass is 186 g/mol. The van der Waals surface area contributed by atoms with E-state index in [2.05, 4.69) is 0 Å². The van der Waals surface area contributed by atoms with Crippen molar-refractivity contribution >= 4 is 0 Å². The molecule has 1 aromatic rings. The number of benzene rings is 1. The van der Waals surface area contributed by atoms with Crippen LogP contribution in [0.3, 0.4) is 0 Å². The number of halogens is 2. The second kappa shape index (κ2) is 4.33. The Morgan fingerprint density at radius 1 is 1.23 bits per heavy atom.